The minimum absolute atomic E-state index is 0.255. The molecule has 0 radical (unpaired) electrons. The van der Waals surface area contributed by atoms with Gasteiger partial charge in [-0.3, -0.25) is 9.59 Å². The Morgan fingerprint density at radius 3 is 2.50 bits per heavy atom. The Balaban J connectivity index is 2.45. The molecular weight excluding hydrogens is 306 g/mol. The van der Waals surface area contributed by atoms with Gasteiger partial charge >= 0.3 is 0 Å². The summed E-state index contributed by atoms with van der Waals surface area (Å²) >= 11 is 0. The van der Waals surface area contributed by atoms with Crippen molar-refractivity contribution >= 4 is 23.7 Å². The van der Waals surface area contributed by atoms with Crippen LogP contribution in [0.1, 0.15) is 11.1 Å². The van der Waals surface area contributed by atoms with Crippen LogP contribution in [0.3, 0.4) is 0 Å². The van der Waals surface area contributed by atoms with Crippen LogP contribution in [0.25, 0.3) is 0 Å². The second-order valence-corrected chi connectivity index (χ2v) is 5.19. The number of hydrogen-bond donors (Lipinski definition) is 1. The number of hydrogen-bond acceptors (Lipinski definition) is 4. The van der Waals surface area contributed by atoms with Gasteiger partial charge in [0.25, 0.3) is 11.8 Å². The van der Waals surface area contributed by atoms with Crippen molar-refractivity contribution in [3.8, 4) is 0 Å². The third kappa shape index (κ3) is 6.48. The number of nitrogens with one attached hydrogen (secondary N) is 1. The Morgan fingerprint density at radius 1 is 1.25 bits per heavy atom. The molecule has 24 heavy (non-hydrogen) atoms. The summed E-state index contributed by atoms with van der Waals surface area (Å²) in [6.07, 6.45) is 4.22. The lowest BCUT2D eigenvalue weighted by molar-refractivity contribution is -0.135. The largest absolute Gasteiger partial charge is 0.386 e. The van der Waals surface area contributed by atoms with Gasteiger partial charge in [-0.05, 0) is 25.5 Å². The second kappa shape index (κ2) is 9.99. The number of rotatable bonds is 9. The summed E-state index contributed by atoms with van der Waals surface area (Å²) in [7, 11) is 0. The Labute approximate surface area is 142 Å². The summed E-state index contributed by atoms with van der Waals surface area (Å²) in [5.41, 5.74) is 2.78. The van der Waals surface area contributed by atoms with Gasteiger partial charge < -0.3 is 15.1 Å². The van der Waals surface area contributed by atoms with Gasteiger partial charge in [0, 0.05) is 18.8 Å². The molecule has 0 heterocycles. The molecule has 1 aromatic carbocycles. The summed E-state index contributed by atoms with van der Waals surface area (Å²) < 4.78 is 0. The summed E-state index contributed by atoms with van der Waals surface area (Å²) in [6.45, 7) is 11.6. The van der Waals surface area contributed by atoms with E-state index in [4.69, 9.17) is 4.84 Å². The van der Waals surface area contributed by atoms with Crippen molar-refractivity contribution in [2.24, 2.45) is 5.16 Å². The van der Waals surface area contributed by atoms with Crippen LogP contribution in [-0.4, -0.2) is 42.6 Å². The van der Waals surface area contributed by atoms with Crippen molar-refractivity contribution < 1.29 is 14.4 Å². The summed E-state index contributed by atoms with van der Waals surface area (Å²) in [5.74, 6) is -0.690. The first-order valence-corrected chi connectivity index (χ1v) is 7.51. The highest BCUT2D eigenvalue weighted by Gasteiger charge is 2.10. The molecule has 128 valence electrons. The molecule has 6 nitrogen and oxygen atoms in total. The van der Waals surface area contributed by atoms with Crippen molar-refractivity contribution in [1.82, 2.24) is 4.90 Å². The van der Waals surface area contributed by atoms with E-state index in [9.17, 15) is 9.59 Å². The monoisotopic (exact) mass is 329 g/mol. The van der Waals surface area contributed by atoms with Crippen molar-refractivity contribution in [3.05, 3.63) is 54.6 Å². The molecule has 6 heteroatoms. The fraction of sp³-hybridized carbons (Fsp3) is 0.278. The highest BCUT2D eigenvalue weighted by atomic mass is 16.6. The molecule has 0 saturated heterocycles. The van der Waals surface area contributed by atoms with Crippen molar-refractivity contribution in [1.29, 1.82) is 0 Å². The van der Waals surface area contributed by atoms with E-state index in [1.54, 1.807) is 12.2 Å². The molecule has 1 rings (SSSR count). The topological polar surface area (TPSA) is 71.0 Å². The normalized spacial score (nSPS) is 10.2. The van der Waals surface area contributed by atoms with E-state index in [0.29, 0.717) is 18.8 Å². The fourth-order valence-corrected chi connectivity index (χ4v) is 1.98. The Morgan fingerprint density at radius 2 is 1.92 bits per heavy atom. The van der Waals surface area contributed by atoms with Crippen LogP contribution in [0.15, 0.2) is 48.7 Å². The van der Waals surface area contributed by atoms with E-state index in [0.717, 1.165) is 17.3 Å². The predicted octanol–water partition coefficient (Wildman–Crippen LogP) is 2.44. The Kier molecular flexibility index (Phi) is 7.98. The lowest BCUT2D eigenvalue weighted by Crippen LogP contribution is -2.33. The first-order chi connectivity index (χ1) is 11.5. The standard InChI is InChI=1S/C18H23N3O3/c1-5-9-21(10-6-2)18(23)13-24-19-12-17(22)20-16-8-7-14(3)11-15(16)4/h5-8,11-12H,1-2,9-10,13H2,3-4H3,(H,20,22)/b19-12-. The number of anilines is 1. The van der Waals surface area contributed by atoms with Gasteiger partial charge in [0.15, 0.2) is 6.61 Å². The van der Waals surface area contributed by atoms with Crippen LogP contribution in [0.4, 0.5) is 5.69 Å². The van der Waals surface area contributed by atoms with Gasteiger partial charge in [0.1, 0.15) is 6.21 Å². The van der Waals surface area contributed by atoms with Crippen LogP contribution >= 0.6 is 0 Å². The molecule has 0 aliphatic rings. The van der Waals surface area contributed by atoms with Gasteiger partial charge in [0.05, 0.1) is 0 Å². The lowest BCUT2D eigenvalue weighted by atomic mass is 10.1. The van der Waals surface area contributed by atoms with Gasteiger partial charge in [-0.25, -0.2) is 0 Å². The third-order valence-electron chi connectivity index (χ3n) is 3.12. The maximum absolute atomic E-state index is 11.9. The van der Waals surface area contributed by atoms with Crippen LogP contribution in [0, 0.1) is 13.8 Å². The first kappa shape index (κ1) is 19.2. The SMILES string of the molecule is C=CCN(CC=C)C(=O)CO/N=C\C(=O)Nc1ccc(C)cc1C. The molecule has 1 N–H and O–H groups in total. The average molecular weight is 329 g/mol. The van der Waals surface area contributed by atoms with E-state index in [1.165, 1.54) is 4.90 Å². The van der Waals surface area contributed by atoms with Gasteiger partial charge in [0.2, 0.25) is 0 Å². The molecule has 0 aliphatic carbocycles. The van der Waals surface area contributed by atoms with Crippen molar-refractivity contribution in [2.45, 2.75) is 13.8 Å². The van der Waals surface area contributed by atoms with Crippen LogP contribution in [-0.2, 0) is 14.4 Å². The highest BCUT2D eigenvalue weighted by molar-refractivity contribution is 6.31. The summed E-state index contributed by atoms with van der Waals surface area (Å²) in [5, 5.41) is 6.22. The minimum Gasteiger partial charge on any atom is -0.386 e. The maximum Gasteiger partial charge on any atom is 0.270 e. The van der Waals surface area contributed by atoms with Crippen LogP contribution < -0.4 is 5.32 Å². The number of aryl methyl sites for hydroxylation is 2. The zero-order valence-electron chi connectivity index (χ0n) is 14.1. The maximum atomic E-state index is 11.9. The smallest absolute Gasteiger partial charge is 0.270 e. The van der Waals surface area contributed by atoms with Crippen LogP contribution in [0.2, 0.25) is 0 Å². The molecule has 0 unspecified atom stereocenters. The van der Waals surface area contributed by atoms with E-state index >= 15 is 0 Å². The quantitative estimate of drug-likeness (QED) is 0.430. The second-order valence-electron chi connectivity index (χ2n) is 5.19. The molecule has 2 amide bonds. The van der Waals surface area contributed by atoms with E-state index in [-0.39, 0.29) is 12.5 Å². The molecule has 0 bridgehead atoms. The number of amides is 2. The molecule has 1 aromatic rings. The highest BCUT2D eigenvalue weighted by Crippen LogP contribution is 2.15. The first-order valence-electron chi connectivity index (χ1n) is 7.51. The number of carbonyl (C=O) groups is 2. The van der Waals surface area contributed by atoms with E-state index < -0.39 is 5.91 Å². The molecule has 0 atom stereocenters. The van der Waals surface area contributed by atoms with Gasteiger partial charge in [-0.2, -0.15) is 0 Å². The molecule has 0 aromatic heterocycles. The molecule has 0 saturated carbocycles. The van der Waals surface area contributed by atoms with Crippen molar-refractivity contribution in [3.63, 3.8) is 0 Å². The van der Waals surface area contributed by atoms with Crippen molar-refractivity contribution in [2.75, 3.05) is 25.0 Å². The summed E-state index contributed by atoms with van der Waals surface area (Å²) in [4.78, 5) is 30.0. The molecule has 0 spiro atoms. The molecule has 0 fully saturated rings. The Hall–Kier alpha value is -2.89. The number of benzene rings is 1. The van der Waals surface area contributed by atoms with E-state index in [2.05, 4.69) is 23.6 Å². The number of nitrogens with zero attached hydrogens (tertiary/aromatic N) is 2. The Bertz CT molecular complexity index is 628. The summed E-state index contributed by atoms with van der Waals surface area (Å²) in [6, 6.07) is 5.70. The van der Waals surface area contributed by atoms with E-state index in [1.807, 2.05) is 32.0 Å². The predicted molar refractivity (Wildman–Crippen MR) is 96.0 cm³/mol. The zero-order chi connectivity index (χ0) is 17.9. The van der Waals surface area contributed by atoms with Gasteiger partial charge in [-0.1, -0.05) is 35.0 Å². The van der Waals surface area contributed by atoms with Crippen LogP contribution in [0.5, 0.6) is 0 Å². The fourth-order valence-electron chi connectivity index (χ4n) is 1.98. The number of carbonyl (C=O) groups excluding carboxylic acids is 2. The molecule has 0 aliphatic heterocycles. The third-order valence-corrected chi connectivity index (χ3v) is 3.12. The minimum atomic E-state index is -0.427. The zero-order valence-corrected chi connectivity index (χ0v) is 14.1. The lowest BCUT2D eigenvalue weighted by Gasteiger charge is -2.18. The van der Waals surface area contributed by atoms with Gasteiger partial charge in [-0.15, -0.1) is 13.2 Å². The molecular formula is C18H23N3O3. The number of oxime groups is 1. The average Bonchev–Trinajstić information content (AvgIpc) is 2.54.